The molecule has 2 rings (SSSR count). The van der Waals surface area contributed by atoms with Crippen LogP contribution in [-0.2, 0) is 6.61 Å². The van der Waals surface area contributed by atoms with Crippen molar-refractivity contribution in [2.45, 2.75) is 13.5 Å². The molecule has 2 N–H and O–H groups in total. The summed E-state index contributed by atoms with van der Waals surface area (Å²) in [4.78, 5) is 0.156. The highest BCUT2D eigenvalue weighted by Gasteiger charge is 2.07. The van der Waals surface area contributed by atoms with E-state index < -0.39 is 5.82 Å². The molecule has 110 valence electrons. The molecular formula is C16H16FNO2S. The molecule has 0 bridgehead atoms. The van der Waals surface area contributed by atoms with E-state index in [9.17, 15) is 4.39 Å². The first kappa shape index (κ1) is 15.3. The van der Waals surface area contributed by atoms with Crippen LogP contribution in [-0.4, -0.2) is 12.1 Å². The van der Waals surface area contributed by atoms with Crippen molar-refractivity contribution >= 4 is 17.2 Å². The molecule has 0 atom stereocenters. The second-order valence-electron chi connectivity index (χ2n) is 4.66. The number of hydrogen-bond acceptors (Lipinski definition) is 3. The van der Waals surface area contributed by atoms with Gasteiger partial charge in [0.15, 0.2) is 11.5 Å². The van der Waals surface area contributed by atoms with Gasteiger partial charge in [0, 0.05) is 5.56 Å². The average molecular weight is 305 g/mol. The Hall–Kier alpha value is -2.14. The van der Waals surface area contributed by atoms with E-state index >= 15 is 0 Å². The summed E-state index contributed by atoms with van der Waals surface area (Å²) in [5.41, 5.74) is 7.73. The lowest BCUT2D eigenvalue weighted by Gasteiger charge is -2.12. The van der Waals surface area contributed by atoms with Crippen LogP contribution >= 0.6 is 12.2 Å². The third-order valence-electron chi connectivity index (χ3n) is 2.96. The van der Waals surface area contributed by atoms with Crippen molar-refractivity contribution in [3.05, 3.63) is 58.9 Å². The van der Waals surface area contributed by atoms with Gasteiger partial charge in [-0.1, -0.05) is 18.3 Å². The van der Waals surface area contributed by atoms with Gasteiger partial charge in [-0.05, 0) is 48.4 Å². The lowest BCUT2D eigenvalue weighted by molar-refractivity contribution is 0.284. The zero-order chi connectivity index (χ0) is 15.4. The predicted octanol–water partition coefficient (Wildman–Crippen LogP) is 3.36. The molecule has 0 spiro atoms. The highest BCUT2D eigenvalue weighted by molar-refractivity contribution is 7.80. The van der Waals surface area contributed by atoms with Crippen LogP contribution in [0.4, 0.5) is 4.39 Å². The largest absolute Gasteiger partial charge is 0.493 e. The van der Waals surface area contributed by atoms with Crippen LogP contribution in [0.3, 0.4) is 0 Å². The molecule has 0 aliphatic rings. The molecule has 3 nitrogen and oxygen atoms in total. The summed E-state index contributed by atoms with van der Waals surface area (Å²) in [5, 5.41) is 0. The molecule has 0 aliphatic heterocycles. The summed E-state index contributed by atoms with van der Waals surface area (Å²) >= 11 is 4.86. The van der Waals surface area contributed by atoms with Crippen LogP contribution in [0.25, 0.3) is 0 Å². The van der Waals surface area contributed by atoms with Crippen LogP contribution in [0, 0.1) is 12.7 Å². The molecular weight excluding hydrogens is 289 g/mol. The fourth-order valence-electron chi connectivity index (χ4n) is 1.93. The van der Waals surface area contributed by atoms with Gasteiger partial charge in [-0.25, -0.2) is 4.39 Å². The van der Waals surface area contributed by atoms with Crippen molar-refractivity contribution in [3.8, 4) is 11.5 Å². The number of halogens is 1. The Labute approximate surface area is 128 Å². The topological polar surface area (TPSA) is 44.5 Å². The van der Waals surface area contributed by atoms with Crippen LogP contribution < -0.4 is 15.2 Å². The number of nitrogens with two attached hydrogens (primary N) is 1. The maximum atomic E-state index is 13.5. The molecule has 0 saturated heterocycles. The Morgan fingerprint density at radius 2 is 1.95 bits per heavy atom. The molecule has 0 aromatic heterocycles. The molecule has 0 unspecified atom stereocenters. The number of benzene rings is 2. The smallest absolute Gasteiger partial charge is 0.161 e. The van der Waals surface area contributed by atoms with Gasteiger partial charge in [-0.2, -0.15) is 0 Å². The molecule has 21 heavy (non-hydrogen) atoms. The second-order valence-corrected chi connectivity index (χ2v) is 5.10. The van der Waals surface area contributed by atoms with Gasteiger partial charge < -0.3 is 15.2 Å². The molecule has 0 amide bonds. The quantitative estimate of drug-likeness (QED) is 0.860. The Kier molecular flexibility index (Phi) is 4.75. The lowest BCUT2D eigenvalue weighted by atomic mass is 10.1. The van der Waals surface area contributed by atoms with E-state index in [-0.39, 0.29) is 11.6 Å². The van der Waals surface area contributed by atoms with Crippen molar-refractivity contribution < 1.29 is 13.9 Å². The first-order valence-electron chi connectivity index (χ1n) is 6.36. The number of ether oxygens (including phenoxy) is 2. The van der Waals surface area contributed by atoms with Gasteiger partial charge in [-0.15, -0.1) is 0 Å². The summed E-state index contributed by atoms with van der Waals surface area (Å²) < 4.78 is 24.5. The normalized spacial score (nSPS) is 10.2. The van der Waals surface area contributed by atoms with Gasteiger partial charge in [0.25, 0.3) is 0 Å². The summed E-state index contributed by atoms with van der Waals surface area (Å²) in [6.45, 7) is 2.17. The number of rotatable bonds is 5. The standard InChI is InChI=1S/C16H16FNO2S/c1-10-3-4-14(15(5-10)19-2)20-9-11-6-12(16(18)21)8-13(17)7-11/h3-8H,9H2,1-2H3,(H2,18,21). The van der Waals surface area contributed by atoms with Gasteiger partial charge in [0.1, 0.15) is 17.4 Å². The van der Waals surface area contributed by atoms with E-state index in [1.165, 1.54) is 12.1 Å². The highest BCUT2D eigenvalue weighted by Crippen LogP contribution is 2.28. The van der Waals surface area contributed by atoms with Crippen molar-refractivity contribution in [2.24, 2.45) is 5.73 Å². The molecule has 0 saturated carbocycles. The minimum Gasteiger partial charge on any atom is -0.493 e. The first-order valence-corrected chi connectivity index (χ1v) is 6.77. The van der Waals surface area contributed by atoms with Crippen molar-refractivity contribution in [1.82, 2.24) is 0 Å². The Morgan fingerprint density at radius 1 is 1.19 bits per heavy atom. The molecule has 5 heteroatoms. The average Bonchev–Trinajstić information content (AvgIpc) is 2.45. The highest BCUT2D eigenvalue weighted by atomic mass is 32.1. The first-order chi connectivity index (χ1) is 9.99. The molecule has 2 aromatic carbocycles. The maximum absolute atomic E-state index is 13.5. The van der Waals surface area contributed by atoms with Crippen LogP contribution in [0.15, 0.2) is 36.4 Å². The zero-order valence-corrected chi connectivity index (χ0v) is 12.7. The van der Waals surface area contributed by atoms with Gasteiger partial charge in [0.05, 0.1) is 7.11 Å². The number of hydrogen-bond donors (Lipinski definition) is 1. The van der Waals surface area contributed by atoms with E-state index in [4.69, 9.17) is 27.4 Å². The van der Waals surface area contributed by atoms with Gasteiger partial charge in [0.2, 0.25) is 0 Å². The SMILES string of the molecule is COc1cc(C)ccc1OCc1cc(F)cc(C(N)=S)c1. The minimum absolute atomic E-state index is 0.156. The number of thiocarbonyl (C=S) groups is 1. The van der Waals surface area contributed by atoms with Crippen molar-refractivity contribution in [3.63, 3.8) is 0 Å². The molecule has 0 aliphatic carbocycles. The monoisotopic (exact) mass is 305 g/mol. The summed E-state index contributed by atoms with van der Waals surface area (Å²) in [7, 11) is 1.58. The number of methoxy groups -OCH3 is 1. The number of aryl methyl sites for hydroxylation is 1. The molecule has 0 radical (unpaired) electrons. The summed E-state index contributed by atoms with van der Waals surface area (Å²) in [6.07, 6.45) is 0. The van der Waals surface area contributed by atoms with Gasteiger partial charge >= 0.3 is 0 Å². The Balaban J connectivity index is 2.18. The summed E-state index contributed by atoms with van der Waals surface area (Å²) in [6, 6.07) is 10.0. The molecule has 0 heterocycles. The van der Waals surface area contributed by atoms with Crippen molar-refractivity contribution in [2.75, 3.05) is 7.11 Å². The minimum atomic E-state index is -0.394. The maximum Gasteiger partial charge on any atom is 0.161 e. The van der Waals surface area contributed by atoms with Crippen LogP contribution in [0.1, 0.15) is 16.7 Å². The Bertz CT molecular complexity index is 673. The third kappa shape index (κ3) is 3.92. The molecule has 2 aromatic rings. The van der Waals surface area contributed by atoms with Crippen molar-refractivity contribution in [1.29, 1.82) is 0 Å². The van der Waals surface area contributed by atoms with E-state index in [0.29, 0.717) is 22.6 Å². The molecule has 0 fully saturated rings. The second kappa shape index (κ2) is 6.54. The fraction of sp³-hybridized carbons (Fsp3) is 0.188. The van der Waals surface area contributed by atoms with E-state index in [1.807, 2.05) is 25.1 Å². The third-order valence-corrected chi connectivity index (χ3v) is 3.19. The predicted molar refractivity (Wildman–Crippen MR) is 84.4 cm³/mol. The van der Waals surface area contributed by atoms with E-state index in [2.05, 4.69) is 0 Å². The lowest BCUT2D eigenvalue weighted by Crippen LogP contribution is -2.10. The Morgan fingerprint density at radius 3 is 2.62 bits per heavy atom. The van der Waals surface area contributed by atoms with E-state index in [0.717, 1.165) is 5.56 Å². The zero-order valence-electron chi connectivity index (χ0n) is 11.9. The van der Waals surface area contributed by atoms with Crippen LogP contribution in [0.5, 0.6) is 11.5 Å². The van der Waals surface area contributed by atoms with E-state index in [1.54, 1.807) is 13.2 Å². The summed E-state index contributed by atoms with van der Waals surface area (Å²) in [5.74, 6) is 0.847. The fourth-order valence-corrected chi connectivity index (χ4v) is 2.05. The van der Waals surface area contributed by atoms with Crippen LogP contribution in [0.2, 0.25) is 0 Å². The van der Waals surface area contributed by atoms with Gasteiger partial charge in [-0.3, -0.25) is 0 Å².